The van der Waals surface area contributed by atoms with Crippen LogP contribution < -0.4 is 5.32 Å². The standard InChI is InChI=1S/C16H28N2OS/c1-5-8-17-10-14-13(9-11(2)3)18-16(20-14)15(19-4)12-6-7-12/h11-12,15,17H,5-10H2,1-4H3. The fourth-order valence-electron chi connectivity index (χ4n) is 2.48. The summed E-state index contributed by atoms with van der Waals surface area (Å²) in [6.07, 6.45) is 5.06. The average Bonchev–Trinajstić information content (AvgIpc) is 3.15. The van der Waals surface area contributed by atoms with E-state index in [0.717, 1.165) is 19.5 Å². The molecule has 1 N–H and O–H groups in total. The van der Waals surface area contributed by atoms with Gasteiger partial charge in [0.1, 0.15) is 11.1 Å². The van der Waals surface area contributed by atoms with Crippen LogP contribution in [0.1, 0.15) is 61.7 Å². The fraction of sp³-hybridized carbons (Fsp3) is 0.812. The lowest BCUT2D eigenvalue weighted by atomic mass is 10.1. The Morgan fingerprint density at radius 3 is 2.70 bits per heavy atom. The summed E-state index contributed by atoms with van der Waals surface area (Å²) < 4.78 is 5.69. The van der Waals surface area contributed by atoms with Gasteiger partial charge in [-0.2, -0.15) is 0 Å². The second kappa shape index (κ2) is 7.53. The molecule has 0 aliphatic heterocycles. The number of nitrogens with zero attached hydrogens (tertiary/aromatic N) is 1. The van der Waals surface area contributed by atoms with Gasteiger partial charge in [-0.05, 0) is 44.1 Å². The lowest BCUT2D eigenvalue weighted by Crippen LogP contribution is -2.14. The predicted molar refractivity (Wildman–Crippen MR) is 85.1 cm³/mol. The third kappa shape index (κ3) is 4.27. The molecule has 0 amide bonds. The molecule has 1 aliphatic carbocycles. The van der Waals surface area contributed by atoms with Gasteiger partial charge in [-0.1, -0.05) is 20.8 Å². The molecule has 1 aromatic rings. The highest BCUT2D eigenvalue weighted by atomic mass is 32.1. The van der Waals surface area contributed by atoms with Gasteiger partial charge < -0.3 is 10.1 Å². The second-order valence-electron chi connectivity index (χ2n) is 6.19. The van der Waals surface area contributed by atoms with Gasteiger partial charge in [0, 0.05) is 18.5 Å². The van der Waals surface area contributed by atoms with Gasteiger partial charge in [0.15, 0.2) is 0 Å². The van der Waals surface area contributed by atoms with E-state index in [-0.39, 0.29) is 6.10 Å². The highest BCUT2D eigenvalue weighted by molar-refractivity contribution is 7.11. The molecule has 0 spiro atoms. The van der Waals surface area contributed by atoms with E-state index in [1.165, 1.54) is 34.8 Å². The first kappa shape index (κ1) is 15.9. The van der Waals surface area contributed by atoms with Crippen LogP contribution in [0.5, 0.6) is 0 Å². The van der Waals surface area contributed by atoms with E-state index < -0.39 is 0 Å². The predicted octanol–water partition coefficient (Wildman–Crippen LogP) is 3.94. The Hall–Kier alpha value is -0.450. The van der Waals surface area contributed by atoms with E-state index >= 15 is 0 Å². The van der Waals surface area contributed by atoms with Gasteiger partial charge in [0.2, 0.25) is 0 Å². The molecule has 1 atom stereocenters. The van der Waals surface area contributed by atoms with Gasteiger partial charge >= 0.3 is 0 Å². The number of nitrogens with one attached hydrogen (secondary N) is 1. The van der Waals surface area contributed by atoms with Crippen molar-refractivity contribution >= 4 is 11.3 Å². The van der Waals surface area contributed by atoms with Crippen LogP contribution in [-0.4, -0.2) is 18.6 Å². The first-order valence-electron chi connectivity index (χ1n) is 7.87. The Bertz CT molecular complexity index is 413. The third-order valence-corrected chi connectivity index (χ3v) is 4.82. The average molecular weight is 296 g/mol. The van der Waals surface area contributed by atoms with Crippen molar-refractivity contribution in [2.75, 3.05) is 13.7 Å². The molecular formula is C16H28N2OS. The molecule has 4 heteroatoms. The van der Waals surface area contributed by atoms with Crippen molar-refractivity contribution in [3.05, 3.63) is 15.6 Å². The zero-order valence-corrected chi connectivity index (χ0v) is 14.1. The molecule has 0 radical (unpaired) electrons. The topological polar surface area (TPSA) is 34.1 Å². The number of hydrogen-bond donors (Lipinski definition) is 1. The van der Waals surface area contributed by atoms with Gasteiger partial charge in [-0.25, -0.2) is 4.98 Å². The SMILES string of the molecule is CCCNCc1sc(C(OC)C2CC2)nc1CC(C)C. The molecule has 3 nitrogen and oxygen atoms in total. The quantitative estimate of drug-likeness (QED) is 0.701. The van der Waals surface area contributed by atoms with Crippen molar-refractivity contribution in [2.24, 2.45) is 11.8 Å². The molecule has 1 saturated carbocycles. The van der Waals surface area contributed by atoms with Gasteiger partial charge in [-0.3, -0.25) is 0 Å². The minimum Gasteiger partial charge on any atom is -0.374 e. The van der Waals surface area contributed by atoms with E-state index in [2.05, 4.69) is 26.1 Å². The number of rotatable bonds is 9. The Kier molecular flexibility index (Phi) is 6.00. The van der Waals surface area contributed by atoms with Crippen LogP contribution in [0.15, 0.2) is 0 Å². The largest absolute Gasteiger partial charge is 0.374 e. The summed E-state index contributed by atoms with van der Waals surface area (Å²) in [6.45, 7) is 8.75. The maximum atomic E-state index is 5.69. The number of hydrogen-bond acceptors (Lipinski definition) is 4. The Morgan fingerprint density at radius 1 is 1.40 bits per heavy atom. The maximum Gasteiger partial charge on any atom is 0.122 e. The Balaban J connectivity index is 2.11. The van der Waals surface area contributed by atoms with Crippen LogP contribution in [0.3, 0.4) is 0 Å². The van der Waals surface area contributed by atoms with E-state index in [1.54, 1.807) is 0 Å². The molecule has 1 heterocycles. The van der Waals surface area contributed by atoms with E-state index in [4.69, 9.17) is 9.72 Å². The summed E-state index contributed by atoms with van der Waals surface area (Å²) in [4.78, 5) is 6.32. The molecule has 20 heavy (non-hydrogen) atoms. The van der Waals surface area contributed by atoms with Crippen molar-refractivity contribution in [2.45, 2.75) is 59.1 Å². The van der Waals surface area contributed by atoms with E-state index in [0.29, 0.717) is 11.8 Å². The molecule has 1 fully saturated rings. The molecule has 1 unspecified atom stereocenters. The van der Waals surface area contributed by atoms with Crippen molar-refractivity contribution in [1.29, 1.82) is 0 Å². The van der Waals surface area contributed by atoms with Crippen LogP contribution in [-0.2, 0) is 17.7 Å². The van der Waals surface area contributed by atoms with Crippen molar-refractivity contribution < 1.29 is 4.74 Å². The minimum atomic E-state index is 0.228. The number of thiazole rings is 1. The van der Waals surface area contributed by atoms with Gasteiger partial charge in [0.05, 0.1) is 5.69 Å². The lowest BCUT2D eigenvalue weighted by molar-refractivity contribution is 0.0842. The summed E-state index contributed by atoms with van der Waals surface area (Å²) in [6, 6.07) is 0. The molecular weight excluding hydrogens is 268 g/mol. The monoisotopic (exact) mass is 296 g/mol. The van der Waals surface area contributed by atoms with Crippen molar-refractivity contribution in [3.63, 3.8) is 0 Å². The van der Waals surface area contributed by atoms with Crippen LogP contribution in [0, 0.1) is 11.8 Å². The van der Waals surface area contributed by atoms with Crippen LogP contribution in [0.2, 0.25) is 0 Å². The number of aromatic nitrogens is 1. The van der Waals surface area contributed by atoms with Crippen LogP contribution >= 0.6 is 11.3 Å². The lowest BCUT2D eigenvalue weighted by Gasteiger charge is -2.10. The molecule has 114 valence electrons. The molecule has 0 aromatic carbocycles. The third-order valence-electron chi connectivity index (χ3n) is 3.66. The van der Waals surface area contributed by atoms with Crippen molar-refractivity contribution in [3.8, 4) is 0 Å². The van der Waals surface area contributed by atoms with Crippen molar-refractivity contribution in [1.82, 2.24) is 10.3 Å². The highest BCUT2D eigenvalue weighted by Gasteiger charge is 2.35. The smallest absolute Gasteiger partial charge is 0.122 e. The molecule has 1 aliphatic rings. The first-order valence-corrected chi connectivity index (χ1v) is 8.69. The first-order chi connectivity index (χ1) is 9.65. The van der Waals surface area contributed by atoms with E-state index in [1.807, 2.05) is 18.4 Å². The maximum absolute atomic E-state index is 5.69. The molecule has 1 aromatic heterocycles. The fourth-order valence-corrected chi connectivity index (χ4v) is 3.72. The second-order valence-corrected chi connectivity index (χ2v) is 7.31. The van der Waals surface area contributed by atoms with Gasteiger partial charge in [0.25, 0.3) is 0 Å². The molecule has 0 saturated heterocycles. The Labute approximate surface area is 127 Å². The summed E-state index contributed by atoms with van der Waals surface area (Å²) >= 11 is 1.85. The number of methoxy groups -OCH3 is 1. The summed E-state index contributed by atoms with van der Waals surface area (Å²) in [7, 11) is 1.82. The normalized spacial score (nSPS) is 16.9. The van der Waals surface area contributed by atoms with Gasteiger partial charge in [-0.15, -0.1) is 11.3 Å². The zero-order chi connectivity index (χ0) is 14.5. The molecule has 0 bridgehead atoms. The van der Waals surface area contributed by atoms with Crippen LogP contribution in [0.4, 0.5) is 0 Å². The van der Waals surface area contributed by atoms with Crippen LogP contribution in [0.25, 0.3) is 0 Å². The highest BCUT2D eigenvalue weighted by Crippen LogP contribution is 2.44. The summed E-state index contributed by atoms with van der Waals surface area (Å²) in [5.74, 6) is 1.35. The number of ether oxygens (including phenoxy) is 1. The Morgan fingerprint density at radius 2 is 2.15 bits per heavy atom. The minimum absolute atomic E-state index is 0.228. The zero-order valence-electron chi connectivity index (χ0n) is 13.2. The van der Waals surface area contributed by atoms with E-state index in [9.17, 15) is 0 Å². The summed E-state index contributed by atoms with van der Waals surface area (Å²) in [5, 5.41) is 4.70. The summed E-state index contributed by atoms with van der Waals surface area (Å²) in [5.41, 5.74) is 1.28. The molecule has 2 rings (SSSR count).